The van der Waals surface area contributed by atoms with Gasteiger partial charge in [0.15, 0.2) is 0 Å². The van der Waals surface area contributed by atoms with E-state index < -0.39 is 6.10 Å². The van der Waals surface area contributed by atoms with Gasteiger partial charge in [-0.25, -0.2) is 4.98 Å². The number of thioether (sulfide) groups is 1. The zero-order chi connectivity index (χ0) is 16.8. The van der Waals surface area contributed by atoms with Gasteiger partial charge >= 0.3 is 0 Å². The van der Waals surface area contributed by atoms with E-state index >= 15 is 0 Å². The lowest BCUT2D eigenvalue weighted by Gasteiger charge is -2.12. The molecule has 0 aliphatic heterocycles. The van der Waals surface area contributed by atoms with Crippen LogP contribution in [0.3, 0.4) is 0 Å². The van der Waals surface area contributed by atoms with Gasteiger partial charge in [0.1, 0.15) is 16.7 Å². The number of hydrogen-bond acceptors (Lipinski definition) is 5. The van der Waals surface area contributed by atoms with Crippen LogP contribution >= 0.6 is 23.1 Å². The van der Waals surface area contributed by atoms with Gasteiger partial charge in [0.25, 0.3) is 0 Å². The summed E-state index contributed by atoms with van der Waals surface area (Å²) in [6, 6.07) is 18.2. The van der Waals surface area contributed by atoms with Gasteiger partial charge in [-0.05, 0) is 30.2 Å². The van der Waals surface area contributed by atoms with Crippen LogP contribution in [0, 0.1) is 6.92 Å². The van der Waals surface area contributed by atoms with Crippen LogP contribution in [0.1, 0.15) is 5.69 Å². The number of aliphatic hydroxyl groups excluding tert-OH is 1. The molecule has 1 aromatic heterocycles. The van der Waals surface area contributed by atoms with E-state index in [2.05, 4.69) is 17.1 Å². The number of nitrogens with zero attached hydrogens (tertiary/aromatic N) is 1. The molecule has 1 atom stereocenters. The van der Waals surface area contributed by atoms with Crippen molar-refractivity contribution in [1.29, 1.82) is 0 Å². The van der Waals surface area contributed by atoms with Crippen molar-refractivity contribution in [1.82, 2.24) is 4.98 Å². The minimum Gasteiger partial charge on any atom is -0.491 e. The van der Waals surface area contributed by atoms with Crippen molar-refractivity contribution in [2.45, 2.75) is 17.4 Å². The second-order valence-electron chi connectivity index (χ2n) is 5.42. The Labute approximate surface area is 150 Å². The third-order valence-electron chi connectivity index (χ3n) is 3.40. The average molecular weight is 358 g/mol. The molecule has 0 aliphatic rings. The van der Waals surface area contributed by atoms with E-state index in [1.807, 2.05) is 54.8 Å². The van der Waals surface area contributed by atoms with Gasteiger partial charge in [0, 0.05) is 16.8 Å². The monoisotopic (exact) mass is 357 g/mol. The fourth-order valence-corrected chi connectivity index (χ4v) is 3.96. The summed E-state index contributed by atoms with van der Waals surface area (Å²) in [4.78, 5) is 4.37. The van der Waals surface area contributed by atoms with E-state index in [1.54, 1.807) is 23.1 Å². The highest BCUT2D eigenvalue weighted by Crippen LogP contribution is 2.24. The first kappa shape index (κ1) is 17.0. The number of thiazole rings is 1. The largest absolute Gasteiger partial charge is 0.491 e. The number of aromatic nitrogens is 1. The van der Waals surface area contributed by atoms with Gasteiger partial charge in [0.2, 0.25) is 0 Å². The summed E-state index contributed by atoms with van der Waals surface area (Å²) in [5.74, 6) is 1.35. The topological polar surface area (TPSA) is 42.4 Å². The van der Waals surface area contributed by atoms with Crippen LogP contribution in [0.5, 0.6) is 5.75 Å². The summed E-state index contributed by atoms with van der Waals surface area (Å²) in [6.07, 6.45) is -0.520. The fraction of sp³-hybridized carbons (Fsp3) is 0.211. The third-order valence-corrected chi connectivity index (χ3v) is 5.68. The van der Waals surface area contributed by atoms with E-state index in [0.29, 0.717) is 5.75 Å². The van der Waals surface area contributed by atoms with E-state index in [0.717, 1.165) is 21.3 Å². The number of ether oxygens (including phenoxy) is 1. The third kappa shape index (κ3) is 4.84. The molecule has 0 saturated heterocycles. The Balaban J connectivity index is 1.47. The number of hydrogen-bond donors (Lipinski definition) is 1. The van der Waals surface area contributed by atoms with Gasteiger partial charge in [-0.15, -0.1) is 11.3 Å². The van der Waals surface area contributed by atoms with Gasteiger partial charge in [-0.2, -0.15) is 0 Å². The van der Waals surface area contributed by atoms with Crippen LogP contribution in [-0.2, 0) is 0 Å². The van der Waals surface area contributed by atoms with Crippen molar-refractivity contribution in [3.63, 3.8) is 0 Å². The van der Waals surface area contributed by atoms with Crippen molar-refractivity contribution in [3.8, 4) is 16.9 Å². The molecule has 0 saturated carbocycles. The molecular formula is C19H19NO2S2. The number of rotatable bonds is 7. The van der Waals surface area contributed by atoms with Gasteiger partial charge < -0.3 is 9.84 Å². The van der Waals surface area contributed by atoms with E-state index in [4.69, 9.17) is 4.74 Å². The summed E-state index contributed by atoms with van der Waals surface area (Å²) < 4.78 is 6.66. The smallest absolute Gasteiger partial charge is 0.150 e. The summed E-state index contributed by atoms with van der Waals surface area (Å²) in [5, 5.41) is 12.1. The Bertz CT molecular complexity index is 757. The van der Waals surface area contributed by atoms with E-state index in [-0.39, 0.29) is 6.61 Å². The van der Waals surface area contributed by atoms with Crippen molar-refractivity contribution >= 4 is 23.1 Å². The number of aryl methyl sites for hydroxylation is 1. The second-order valence-corrected chi connectivity index (χ2v) is 7.55. The first-order chi connectivity index (χ1) is 11.7. The minimum absolute atomic E-state index is 0.280. The van der Waals surface area contributed by atoms with Crippen LogP contribution < -0.4 is 4.74 Å². The van der Waals surface area contributed by atoms with Gasteiger partial charge in [-0.1, -0.05) is 54.2 Å². The normalized spacial score (nSPS) is 12.1. The van der Waals surface area contributed by atoms with Gasteiger partial charge in [0.05, 0.1) is 6.10 Å². The van der Waals surface area contributed by atoms with Crippen molar-refractivity contribution in [2.75, 3.05) is 12.4 Å². The molecular weight excluding hydrogens is 338 g/mol. The minimum atomic E-state index is -0.520. The number of benzene rings is 2. The summed E-state index contributed by atoms with van der Waals surface area (Å²) in [5.41, 5.74) is 3.35. The highest BCUT2D eigenvalue weighted by atomic mass is 32.2. The summed E-state index contributed by atoms with van der Waals surface area (Å²) in [6.45, 7) is 2.25. The first-order valence-electron chi connectivity index (χ1n) is 7.72. The Hall–Kier alpha value is -1.82. The SMILES string of the molecule is Cc1csc(SCC(O)COc2ccc(-c3ccccc3)cc2)n1. The lowest BCUT2D eigenvalue weighted by molar-refractivity contribution is 0.126. The van der Waals surface area contributed by atoms with E-state index in [1.165, 1.54) is 5.56 Å². The predicted octanol–water partition coefficient (Wildman–Crippen LogP) is 4.65. The maximum atomic E-state index is 10.0. The highest BCUT2D eigenvalue weighted by Gasteiger charge is 2.08. The Morgan fingerprint density at radius 3 is 2.46 bits per heavy atom. The van der Waals surface area contributed by atoms with Crippen LogP contribution in [-0.4, -0.2) is 28.6 Å². The molecule has 3 nitrogen and oxygen atoms in total. The quantitative estimate of drug-likeness (QED) is 0.625. The average Bonchev–Trinajstić information content (AvgIpc) is 3.05. The molecule has 0 bridgehead atoms. The maximum Gasteiger partial charge on any atom is 0.150 e. The molecule has 1 N–H and O–H groups in total. The lowest BCUT2D eigenvalue weighted by atomic mass is 10.1. The standard InChI is InChI=1S/C19H19NO2S2/c1-14-12-23-19(20-14)24-13-17(21)11-22-18-9-7-16(8-10-18)15-5-3-2-4-6-15/h2-10,12,17,21H,11,13H2,1H3. The maximum absolute atomic E-state index is 10.0. The van der Waals surface area contributed by atoms with Crippen LogP contribution in [0.25, 0.3) is 11.1 Å². The Morgan fingerprint density at radius 2 is 1.79 bits per heavy atom. The molecule has 124 valence electrons. The molecule has 0 amide bonds. The van der Waals surface area contributed by atoms with E-state index in [9.17, 15) is 5.11 Å². The lowest BCUT2D eigenvalue weighted by Crippen LogP contribution is -2.20. The molecule has 3 rings (SSSR count). The summed E-state index contributed by atoms with van der Waals surface area (Å²) >= 11 is 3.17. The molecule has 0 radical (unpaired) electrons. The molecule has 1 unspecified atom stereocenters. The Morgan fingerprint density at radius 1 is 1.08 bits per heavy atom. The molecule has 0 aliphatic carbocycles. The molecule has 24 heavy (non-hydrogen) atoms. The van der Waals surface area contributed by atoms with Crippen molar-refractivity contribution in [3.05, 3.63) is 65.7 Å². The van der Waals surface area contributed by atoms with Crippen LogP contribution in [0.4, 0.5) is 0 Å². The van der Waals surface area contributed by atoms with Gasteiger partial charge in [-0.3, -0.25) is 0 Å². The number of aliphatic hydroxyl groups is 1. The van der Waals surface area contributed by atoms with Crippen molar-refractivity contribution < 1.29 is 9.84 Å². The molecule has 3 aromatic rings. The zero-order valence-corrected chi connectivity index (χ0v) is 15.0. The molecule has 5 heteroatoms. The second kappa shape index (κ2) is 8.33. The fourth-order valence-electron chi connectivity index (χ4n) is 2.18. The zero-order valence-electron chi connectivity index (χ0n) is 13.4. The first-order valence-corrected chi connectivity index (χ1v) is 9.58. The highest BCUT2D eigenvalue weighted by molar-refractivity contribution is 8.01. The summed E-state index contributed by atoms with van der Waals surface area (Å²) in [7, 11) is 0. The van der Waals surface area contributed by atoms with Crippen LogP contribution in [0.15, 0.2) is 64.3 Å². The predicted molar refractivity (Wildman–Crippen MR) is 101 cm³/mol. The molecule has 1 heterocycles. The molecule has 0 spiro atoms. The van der Waals surface area contributed by atoms with Crippen molar-refractivity contribution in [2.24, 2.45) is 0 Å². The Kier molecular flexibility index (Phi) is 5.91. The molecule has 2 aromatic carbocycles. The molecule has 0 fully saturated rings. The van der Waals surface area contributed by atoms with Crippen LogP contribution in [0.2, 0.25) is 0 Å².